The van der Waals surface area contributed by atoms with Crippen LogP contribution in [0.2, 0.25) is 0 Å². The minimum absolute atomic E-state index is 0.0344. The van der Waals surface area contributed by atoms with Crippen molar-refractivity contribution in [3.8, 4) is 0 Å². The van der Waals surface area contributed by atoms with Crippen molar-refractivity contribution < 1.29 is 9.90 Å². The van der Waals surface area contributed by atoms with E-state index in [9.17, 15) is 9.90 Å². The maximum absolute atomic E-state index is 11.9. The Bertz CT molecular complexity index is 470. The van der Waals surface area contributed by atoms with Crippen molar-refractivity contribution in [2.24, 2.45) is 5.92 Å². The first kappa shape index (κ1) is 14.7. The van der Waals surface area contributed by atoms with Gasteiger partial charge in [-0.1, -0.05) is 19.9 Å². The molecule has 0 aromatic heterocycles. The van der Waals surface area contributed by atoms with Gasteiger partial charge in [0.05, 0.1) is 12.1 Å². The van der Waals surface area contributed by atoms with Crippen LogP contribution in [0.25, 0.3) is 0 Å². The summed E-state index contributed by atoms with van der Waals surface area (Å²) in [5.74, 6) is 0.190. The highest BCUT2D eigenvalue weighted by Crippen LogP contribution is 2.28. The van der Waals surface area contributed by atoms with Crippen LogP contribution in [-0.4, -0.2) is 41.1 Å². The molecule has 0 unspecified atom stereocenters. The fraction of sp³-hybridized carbons (Fsp3) is 0.500. The van der Waals surface area contributed by atoms with Crippen LogP contribution in [0.5, 0.6) is 0 Å². The largest absolute Gasteiger partial charge is 0.387 e. The van der Waals surface area contributed by atoms with Crippen LogP contribution in [0, 0.1) is 9.49 Å². The fourth-order valence-corrected chi connectivity index (χ4v) is 2.72. The first-order chi connectivity index (χ1) is 8.89. The average Bonchev–Trinajstić information content (AvgIpc) is 2.26. The van der Waals surface area contributed by atoms with E-state index in [0.29, 0.717) is 19.6 Å². The van der Waals surface area contributed by atoms with E-state index in [1.807, 2.05) is 43.0 Å². The molecule has 2 N–H and O–H groups in total. The molecule has 2 rings (SSSR count). The molecule has 0 saturated carbocycles. The van der Waals surface area contributed by atoms with Crippen molar-refractivity contribution >= 4 is 34.2 Å². The molecule has 19 heavy (non-hydrogen) atoms. The number of hydrogen-bond donors (Lipinski definition) is 2. The molecule has 0 radical (unpaired) electrons. The van der Waals surface area contributed by atoms with Crippen LogP contribution in [0.3, 0.4) is 0 Å². The number of anilines is 1. The highest BCUT2D eigenvalue weighted by Gasteiger charge is 2.43. The molecule has 0 atom stereocenters. The predicted molar refractivity (Wildman–Crippen MR) is 84.0 cm³/mol. The summed E-state index contributed by atoms with van der Waals surface area (Å²) >= 11 is 2.21. The zero-order valence-electron chi connectivity index (χ0n) is 11.2. The Morgan fingerprint density at radius 1 is 1.53 bits per heavy atom. The van der Waals surface area contributed by atoms with Crippen LogP contribution in [0.15, 0.2) is 24.3 Å². The van der Waals surface area contributed by atoms with Crippen LogP contribution < -0.4 is 5.32 Å². The van der Waals surface area contributed by atoms with Crippen LogP contribution in [-0.2, 0) is 4.79 Å². The zero-order chi connectivity index (χ0) is 14.0. The Hall–Kier alpha value is -0.660. The summed E-state index contributed by atoms with van der Waals surface area (Å²) in [7, 11) is 0. The van der Waals surface area contributed by atoms with Crippen molar-refractivity contribution in [2.45, 2.75) is 19.4 Å². The lowest BCUT2D eigenvalue weighted by Gasteiger charge is -2.48. The van der Waals surface area contributed by atoms with Gasteiger partial charge < -0.3 is 10.4 Å². The predicted octanol–water partition coefficient (Wildman–Crippen LogP) is 1.93. The lowest BCUT2D eigenvalue weighted by molar-refractivity contribution is -0.139. The van der Waals surface area contributed by atoms with Crippen LogP contribution in [0.1, 0.15) is 13.8 Å². The molecular formula is C14H19IN2O2. The number of halogens is 1. The summed E-state index contributed by atoms with van der Waals surface area (Å²) in [5, 5.41) is 13.0. The molecule has 0 aliphatic carbocycles. The minimum atomic E-state index is -0.623. The van der Waals surface area contributed by atoms with Crippen LogP contribution in [0.4, 0.5) is 5.69 Å². The Labute approximate surface area is 127 Å². The molecule has 1 aromatic carbocycles. The second kappa shape index (κ2) is 5.76. The van der Waals surface area contributed by atoms with Gasteiger partial charge in [-0.05, 0) is 46.7 Å². The van der Waals surface area contributed by atoms with E-state index in [2.05, 4.69) is 27.9 Å². The molecule has 1 saturated heterocycles. The second-order valence-electron chi connectivity index (χ2n) is 5.46. The Balaban J connectivity index is 1.81. The lowest BCUT2D eigenvalue weighted by atomic mass is 9.83. The van der Waals surface area contributed by atoms with Crippen molar-refractivity contribution in [3.63, 3.8) is 0 Å². The molecule has 1 aromatic rings. The minimum Gasteiger partial charge on any atom is -0.387 e. The third kappa shape index (κ3) is 3.67. The van der Waals surface area contributed by atoms with E-state index in [4.69, 9.17) is 0 Å². The summed E-state index contributed by atoms with van der Waals surface area (Å²) in [6.07, 6.45) is 0. The summed E-state index contributed by atoms with van der Waals surface area (Å²) in [4.78, 5) is 13.8. The molecule has 1 amide bonds. The highest BCUT2D eigenvalue weighted by atomic mass is 127. The number of amides is 1. The monoisotopic (exact) mass is 374 g/mol. The number of aliphatic hydroxyl groups is 1. The fourth-order valence-electron chi connectivity index (χ4n) is 2.17. The average molecular weight is 374 g/mol. The topological polar surface area (TPSA) is 52.6 Å². The number of likely N-dealkylation sites (tertiary alicyclic amines) is 1. The van der Waals surface area contributed by atoms with Gasteiger partial charge in [0.1, 0.15) is 0 Å². The number of hydrogen-bond acceptors (Lipinski definition) is 3. The first-order valence-corrected chi connectivity index (χ1v) is 7.47. The van der Waals surface area contributed by atoms with Gasteiger partial charge in [-0.15, -0.1) is 0 Å². The third-order valence-corrected chi connectivity index (χ3v) is 4.22. The SMILES string of the molecule is CC(C)C1(O)CN(CC(=O)Nc2cccc(I)c2)C1. The molecule has 1 fully saturated rings. The lowest BCUT2D eigenvalue weighted by Crippen LogP contribution is -2.65. The quantitative estimate of drug-likeness (QED) is 0.793. The first-order valence-electron chi connectivity index (χ1n) is 6.39. The highest BCUT2D eigenvalue weighted by molar-refractivity contribution is 14.1. The number of nitrogens with zero attached hydrogens (tertiary/aromatic N) is 1. The number of carbonyl (C=O) groups excluding carboxylic acids is 1. The summed E-state index contributed by atoms with van der Waals surface area (Å²) in [6.45, 7) is 5.49. The van der Waals surface area contributed by atoms with E-state index in [0.717, 1.165) is 9.26 Å². The van der Waals surface area contributed by atoms with E-state index in [1.54, 1.807) is 0 Å². The van der Waals surface area contributed by atoms with Gasteiger partial charge in [0.25, 0.3) is 0 Å². The Morgan fingerprint density at radius 2 is 2.21 bits per heavy atom. The molecule has 1 heterocycles. The molecule has 0 bridgehead atoms. The normalized spacial score (nSPS) is 18.2. The van der Waals surface area contributed by atoms with Gasteiger partial charge in [0.2, 0.25) is 5.91 Å². The maximum Gasteiger partial charge on any atom is 0.238 e. The van der Waals surface area contributed by atoms with Gasteiger partial charge in [0, 0.05) is 22.3 Å². The molecule has 0 spiro atoms. The van der Waals surface area contributed by atoms with Crippen molar-refractivity contribution in [3.05, 3.63) is 27.8 Å². The van der Waals surface area contributed by atoms with E-state index >= 15 is 0 Å². The van der Waals surface area contributed by atoms with Gasteiger partial charge >= 0.3 is 0 Å². The van der Waals surface area contributed by atoms with E-state index < -0.39 is 5.60 Å². The smallest absolute Gasteiger partial charge is 0.238 e. The van der Waals surface area contributed by atoms with Gasteiger partial charge in [-0.2, -0.15) is 0 Å². The maximum atomic E-state index is 11.9. The van der Waals surface area contributed by atoms with Gasteiger partial charge in [-0.3, -0.25) is 9.69 Å². The molecule has 1 aliphatic heterocycles. The molecular weight excluding hydrogens is 355 g/mol. The Morgan fingerprint density at radius 3 is 2.79 bits per heavy atom. The van der Waals surface area contributed by atoms with E-state index in [1.165, 1.54) is 0 Å². The standard InChI is InChI=1S/C14H19IN2O2/c1-10(2)14(19)8-17(9-14)7-13(18)16-12-5-3-4-11(15)6-12/h3-6,10,19H,7-9H2,1-2H3,(H,16,18). The van der Waals surface area contributed by atoms with Crippen molar-refractivity contribution in [1.82, 2.24) is 4.90 Å². The number of β-amino-alcohol motifs (C(OH)–C–C–N with tert-alkyl or cyclic N) is 1. The summed E-state index contributed by atoms with van der Waals surface area (Å²) < 4.78 is 1.09. The summed E-state index contributed by atoms with van der Waals surface area (Å²) in [5.41, 5.74) is 0.194. The van der Waals surface area contributed by atoms with Crippen molar-refractivity contribution in [1.29, 1.82) is 0 Å². The zero-order valence-corrected chi connectivity index (χ0v) is 13.3. The number of nitrogens with one attached hydrogen (secondary N) is 1. The molecule has 1 aliphatic rings. The molecule has 4 nitrogen and oxygen atoms in total. The van der Waals surface area contributed by atoms with Crippen LogP contribution >= 0.6 is 22.6 Å². The molecule has 104 valence electrons. The second-order valence-corrected chi connectivity index (χ2v) is 6.71. The van der Waals surface area contributed by atoms with Crippen molar-refractivity contribution in [2.75, 3.05) is 25.0 Å². The number of rotatable bonds is 4. The van der Waals surface area contributed by atoms with E-state index in [-0.39, 0.29) is 11.8 Å². The third-order valence-electron chi connectivity index (χ3n) is 3.55. The number of carbonyl (C=O) groups is 1. The number of benzene rings is 1. The van der Waals surface area contributed by atoms with Gasteiger partial charge in [-0.25, -0.2) is 0 Å². The molecule has 5 heteroatoms. The summed E-state index contributed by atoms with van der Waals surface area (Å²) in [6, 6.07) is 7.70. The Kier molecular flexibility index (Phi) is 4.47. The van der Waals surface area contributed by atoms with Gasteiger partial charge in [0.15, 0.2) is 0 Å².